The molecule has 0 saturated heterocycles. The van der Waals surface area contributed by atoms with Gasteiger partial charge in [0.15, 0.2) is 0 Å². The lowest BCUT2D eigenvalue weighted by Gasteiger charge is -1.90. The molecule has 0 aliphatic heterocycles. The Labute approximate surface area is 72.9 Å². The van der Waals surface area contributed by atoms with Gasteiger partial charge in [-0.05, 0) is 11.9 Å². The number of fused-ring (bicyclic) bond motifs is 1. The highest BCUT2D eigenvalue weighted by Gasteiger charge is 2.11. The van der Waals surface area contributed by atoms with E-state index in [0.717, 1.165) is 5.69 Å². The van der Waals surface area contributed by atoms with Crippen LogP contribution in [0.1, 0.15) is 5.69 Å². The lowest BCUT2D eigenvalue weighted by molar-refractivity contribution is -0.349. The first-order valence-corrected chi connectivity index (χ1v) is 3.71. The summed E-state index contributed by atoms with van der Waals surface area (Å²) in [5.74, 6) is 0.0828. The number of aromatic nitrogens is 4. The summed E-state index contributed by atoms with van der Waals surface area (Å²) in [6, 6.07) is 0. The van der Waals surface area contributed by atoms with Gasteiger partial charge in [-0.3, -0.25) is 9.78 Å². The maximum absolute atomic E-state index is 11.3. The van der Waals surface area contributed by atoms with Crippen LogP contribution in [0.25, 0.3) is 11.2 Å². The highest BCUT2D eigenvalue weighted by atomic mass is 16.1. The zero-order chi connectivity index (χ0) is 9.42. The van der Waals surface area contributed by atoms with Crippen molar-refractivity contribution in [3.05, 3.63) is 22.2 Å². The second-order valence-electron chi connectivity index (χ2n) is 2.69. The third-order valence-electron chi connectivity index (χ3n) is 1.62. The molecule has 0 unspecified atom stereocenters. The van der Waals surface area contributed by atoms with Crippen LogP contribution in [0.5, 0.6) is 0 Å². The normalized spacial score (nSPS) is 10.5. The number of anilines is 1. The van der Waals surface area contributed by atoms with Crippen LogP contribution in [0.2, 0.25) is 0 Å². The standard InChI is InChI=1S/C7H7N5O/c1-3-2-9-5-4(10-3)6(13)12-7(8)11-5/h2H,1H3,(H3,8,9,11,12,13)/p+1. The number of H-pyrrole nitrogens is 2. The van der Waals surface area contributed by atoms with Crippen LogP contribution in [0.15, 0.2) is 11.0 Å². The van der Waals surface area contributed by atoms with Crippen molar-refractivity contribution in [3.63, 3.8) is 0 Å². The van der Waals surface area contributed by atoms with Gasteiger partial charge in [-0.2, -0.15) is 0 Å². The molecule has 0 radical (unpaired) electrons. The van der Waals surface area contributed by atoms with Gasteiger partial charge in [0.05, 0.1) is 5.69 Å². The van der Waals surface area contributed by atoms with Crippen LogP contribution in [0.4, 0.5) is 5.95 Å². The van der Waals surface area contributed by atoms with Gasteiger partial charge in [0.2, 0.25) is 5.52 Å². The third-order valence-corrected chi connectivity index (χ3v) is 1.62. The van der Waals surface area contributed by atoms with Crippen LogP contribution in [0.3, 0.4) is 0 Å². The summed E-state index contributed by atoms with van der Waals surface area (Å²) >= 11 is 0. The molecule has 2 heterocycles. The Morgan fingerprint density at radius 1 is 1.54 bits per heavy atom. The molecule has 2 aromatic rings. The maximum Gasteiger partial charge on any atom is 0.356 e. The zero-order valence-corrected chi connectivity index (χ0v) is 6.96. The first-order chi connectivity index (χ1) is 6.16. The van der Waals surface area contributed by atoms with Crippen molar-refractivity contribution in [2.24, 2.45) is 0 Å². The van der Waals surface area contributed by atoms with Crippen molar-refractivity contribution in [2.45, 2.75) is 6.92 Å². The number of nitrogen functional groups attached to an aromatic ring is 1. The van der Waals surface area contributed by atoms with Gasteiger partial charge in [-0.1, -0.05) is 0 Å². The zero-order valence-electron chi connectivity index (χ0n) is 6.96. The molecule has 66 valence electrons. The molecule has 0 saturated carbocycles. The van der Waals surface area contributed by atoms with E-state index in [4.69, 9.17) is 5.73 Å². The molecule has 0 atom stereocenters. The maximum atomic E-state index is 11.3. The third kappa shape index (κ3) is 1.22. The monoisotopic (exact) mass is 178 g/mol. The molecular formula is C7H8N5O+. The van der Waals surface area contributed by atoms with Crippen LogP contribution < -0.4 is 16.3 Å². The van der Waals surface area contributed by atoms with E-state index < -0.39 is 0 Å². The van der Waals surface area contributed by atoms with Crippen molar-refractivity contribution in [2.75, 3.05) is 5.73 Å². The van der Waals surface area contributed by atoms with Crippen LogP contribution in [-0.2, 0) is 0 Å². The Balaban J connectivity index is 2.95. The van der Waals surface area contributed by atoms with Gasteiger partial charge in [0.1, 0.15) is 6.20 Å². The highest BCUT2D eigenvalue weighted by Crippen LogP contribution is 1.97. The number of hydrogen-bond donors (Lipinski definition) is 2. The van der Waals surface area contributed by atoms with Gasteiger partial charge in [0, 0.05) is 0 Å². The molecule has 0 aliphatic rings. The number of nitrogens with zero attached hydrogens (tertiary/aromatic N) is 2. The molecule has 4 N–H and O–H groups in total. The molecule has 0 bridgehead atoms. The van der Waals surface area contributed by atoms with Crippen LogP contribution in [-0.4, -0.2) is 15.0 Å². The fourth-order valence-corrected chi connectivity index (χ4v) is 1.07. The van der Waals surface area contributed by atoms with Gasteiger partial charge < -0.3 is 5.73 Å². The van der Waals surface area contributed by atoms with Crippen molar-refractivity contribution in [3.8, 4) is 0 Å². The van der Waals surface area contributed by atoms with E-state index >= 15 is 0 Å². The molecule has 2 aromatic heterocycles. The highest BCUT2D eigenvalue weighted by molar-refractivity contribution is 5.65. The summed E-state index contributed by atoms with van der Waals surface area (Å²) in [5.41, 5.74) is 6.41. The Bertz CT molecular complexity index is 518. The summed E-state index contributed by atoms with van der Waals surface area (Å²) in [6.45, 7) is 1.78. The smallest absolute Gasteiger partial charge is 0.348 e. The average Bonchev–Trinajstić information content (AvgIpc) is 2.06. The molecule has 2 rings (SSSR count). The number of aromatic amines is 2. The van der Waals surface area contributed by atoms with E-state index in [9.17, 15) is 4.79 Å². The van der Waals surface area contributed by atoms with Crippen LogP contribution in [0, 0.1) is 6.92 Å². The first kappa shape index (κ1) is 7.66. The lowest BCUT2D eigenvalue weighted by atomic mass is 10.4. The van der Waals surface area contributed by atoms with Crippen molar-refractivity contribution in [1.29, 1.82) is 0 Å². The second-order valence-corrected chi connectivity index (χ2v) is 2.69. The fraction of sp³-hybridized carbons (Fsp3) is 0.143. The number of nitrogens with one attached hydrogen (secondary N) is 2. The van der Waals surface area contributed by atoms with Crippen molar-refractivity contribution in [1.82, 2.24) is 15.0 Å². The van der Waals surface area contributed by atoms with E-state index in [1.165, 1.54) is 0 Å². The number of hydrogen-bond acceptors (Lipinski definition) is 4. The van der Waals surface area contributed by atoms with Crippen LogP contribution >= 0.6 is 0 Å². The summed E-state index contributed by atoms with van der Waals surface area (Å²) in [6.07, 6.45) is 1.66. The molecule has 0 spiro atoms. The molecule has 0 aliphatic carbocycles. The first-order valence-electron chi connectivity index (χ1n) is 3.71. The van der Waals surface area contributed by atoms with E-state index in [-0.39, 0.29) is 17.0 Å². The SMILES string of the molecule is Cc1c[nH+]c2nc(N)[nH]c(=O)c2n1. The van der Waals surface area contributed by atoms with E-state index in [2.05, 4.69) is 19.9 Å². The number of rotatable bonds is 0. The predicted molar refractivity (Wildman–Crippen MR) is 45.9 cm³/mol. The Morgan fingerprint density at radius 3 is 3.08 bits per heavy atom. The molecule has 0 amide bonds. The fourth-order valence-electron chi connectivity index (χ4n) is 1.07. The lowest BCUT2D eigenvalue weighted by Crippen LogP contribution is -2.19. The summed E-state index contributed by atoms with van der Waals surface area (Å²) in [7, 11) is 0. The number of aryl methyl sites for hydroxylation is 1. The van der Waals surface area contributed by atoms with Gasteiger partial charge >= 0.3 is 11.6 Å². The summed E-state index contributed by atoms with van der Waals surface area (Å²) < 4.78 is 0. The second kappa shape index (κ2) is 2.51. The molecule has 0 aromatic carbocycles. The van der Waals surface area contributed by atoms with E-state index in [1.54, 1.807) is 13.1 Å². The van der Waals surface area contributed by atoms with E-state index in [1.807, 2.05) is 0 Å². The van der Waals surface area contributed by atoms with Gasteiger partial charge in [-0.15, -0.1) is 0 Å². The molecule has 6 heteroatoms. The van der Waals surface area contributed by atoms with Crippen molar-refractivity contribution >= 4 is 17.1 Å². The van der Waals surface area contributed by atoms with E-state index in [0.29, 0.717) is 5.65 Å². The molecule has 6 nitrogen and oxygen atoms in total. The minimum absolute atomic E-state index is 0.0828. The minimum Gasteiger partial charge on any atom is -0.348 e. The molecule has 0 fully saturated rings. The Kier molecular flexibility index (Phi) is 1.48. The van der Waals surface area contributed by atoms with Gasteiger partial charge in [0.25, 0.3) is 5.56 Å². The quantitative estimate of drug-likeness (QED) is 0.541. The largest absolute Gasteiger partial charge is 0.356 e. The molecule has 13 heavy (non-hydrogen) atoms. The van der Waals surface area contributed by atoms with Crippen molar-refractivity contribution < 1.29 is 4.98 Å². The topological polar surface area (TPSA) is 98.8 Å². The predicted octanol–water partition coefficient (Wildman–Crippen LogP) is -0.977. The number of nitrogens with two attached hydrogens (primary N) is 1. The summed E-state index contributed by atoms with van der Waals surface area (Å²) in [4.78, 5) is 24.4. The molecular weight excluding hydrogens is 170 g/mol. The van der Waals surface area contributed by atoms with Gasteiger partial charge in [-0.25, -0.2) is 9.97 Å². The Morgan fingerprint density at radius 2 is 2.31 bits per heavy atom. The average molecular weight is 178 g/mol. The summed E-state index contributed by atoms with van der Waals surface area (Å²) in [5, 5.41) is 0. The Hall–Kier alpha value is -1.98. The minimum atomic E-state index is -0.331.